The van der Waals surface area contributed by atoms with Crippen molar-refractivity contribution in [1.82, 2.24) is 24.6 Å². The molecule has 1 N–H and O–H groups in total. The lowest BCUT2D eigenvalue weighted by Crippen LogP contribution is -2.39. The third kappa shape index (κ3) is 5.12. The number of carboxylic acids is 1. The molecule has 0 saturated heterocycles. The fourth-order valence-electron chi connectivity index (χ4n) is 3.05. The summed E-state index contributed by atoms with van der Waals surface area (Å²) in [6, 6.07) is 1.88. The molecular weight excluding hydrogens is 346 g/mol. The Morgan fingerprint density at radius 3 is 2.26 bits per heavy atom. The Kier molecular flexibility index (Phi) is 6.30. The molecule has 0 spiro atoms. The number of aromatic nitrogens is 4. The van der Waals surface area contributed by atoms with Gasteiger partial charge < -0.3 is 10.0 Å². The molecule has 146 valence electrons. The van der Waals surface area contributed by atoms with Crippen LogP contribution < -0.4 is 0 Å². The van der Waals surface area contributed by atoms with Crippen LogP contribution in [0.25, 0.3) is 5.95 Å². The zero-order valence-electron chi connectivity index (χ0n) is 16.8. The minimum absolute atomic E-state index is 0.0997. The Morgan fingerprint density at radius 1 is 1.15 bits per heavy atom. The van der Waals surface area contributed by atoms with Crippen molar-refractivity contribution in [2.45, 2.75) is 48.0 Å². The number of hydrogen-bond acceptors (Lipinski definition) is 5. The number of nitrogens with zero attached hydrogens (tertiary/aromatic N) is 5. The molecule has 2 heterocycles. The lowest BCUT2D eigenvalue weighted by atomic mass is 10.1. The van der Waals surface area contributed by atoms with Crippen LogP contribution in [0.2, 0.25) is 0 Å². The number of carbonyl (C=O) groups excluding carboxylic acids is 1. The molecule has 27 heavy (non-hydrogen) atoms. The third-order valence-electron chi connectivity index (χ3n) is 4.19. The topological polar surface area (TPSA) is 101 Å². The summed E-state index contributed by atoms with van der Waals surface area (Å²) >= 11 is 0. The molecule has 0 bridgehead atoms. The largest absolute Gasteiger partial charge is 0.480 e. The number of aryl methyl sites for hydroxylation is 3. The Hall–Kier alpha value is -2.77. The lowest BCUT2D eigenvalue weighted by molar-refractivity contribution is -0.144. The van der Waals surface area contributed by atoms with Crippen LogP contribution in [0, 0.1) is 33.6 Å². The minimum atomic E-state index is -1.02. The van der Waals surface area contributed by atoms with Gasteiger partial charge in [-0.15, -0.1) is 0 Å². The predicted octanol–water partition coefficient (Wildman–Crippen LogP) is 2.01. The smallest absolute Gasteiger partial charge is 0.323 e. The maximum atomic E-state index is 12.7. The van der Waals surface area contributed by atoms with E-state index >= 15 is 0 Å². The summed E-state index contributed by atoms with van der Waals surface area (Å²) in [5.74, 6) is -0.590. The van der Waals surface area contributed by atoms with Crippen molar-refractivity contribution in [3.8, 4) is 5.95 Å². The van der Waals surface area contributed by atoms with Gasteiger partial charge in [0.15, 0.2) is 0 Å². The van der Waals surface area contributed by atoms with E-state index in [2.05, 4.69) is 15.1 Å². The van der Waals surface area contributed by atoms with Crippen LogP contribution in [0.15, 0.2) is 6.07 Å². The number of carboxylic acid groups (broad SMARTS) is 1. The average molecular weight is 373 g/mol. The first-order chi connectivity index (χ1) is 12.6. The number of aliphatic carboxylic acids is 1. The van der Waals surface area contributed by atoms with Crippen molar-refractivity contribution < 1.29 is 14.7 Å². The van der Waals surface area contributed by atoms with Gasteiger partial charge in [-0.3, -0.25) is 9.59 Å². The number of amides is 1. The lowest BCUT2D eigenvalue weighted by Gasteiger charge is -2.22. The van der Waals surface area contributed by atoms with Crippen molar-refractivity contribution in [3.63, 3.8) is 0 Å². The van der Waals surface area contributed by atoms with Gasteiger partial charge in [0.2, 0.25) is 5.91 Å². The predicted molar refractivity (Wildman–Crippen MR) is 101 cm³/mol. The Labute approximate surface area is 159 Å². The van der Waals surface area contributed by atoms with Crippen LogP contribution in [0.5, 0.6) is 0 Å². The molecule has 0 radical (unpaired) electrons. The van der Waals surface area contributed by atoms with Crippen molar-refractivity contribution >= 4 is 11.9 Å². The molecule has 0 aromatic carbocycles. The molecule has 2 aromatic heterocycles. The van der Waals surface area contributed by atoms with E-state index in [1.54, 1.807) is 4.68 Å². The number of hydrogen-bond donors (Lipinski definition) is 1. The molecule has 0 atom stereocenters. The van der Waals surface area contributed by atoms with E-state index in [-0.39, 0.29) is 24.8 Å². The van der Waals surface area contributed by atoms with Crippen LogP contribution in [0.3, 0.4) is 0 Å². The van der Waals surface area contributed by atoms with Gasteiger partial charge in [0.05, 0.1) is 12.1 Å². The van der Waals surface area contributed by atoms with Gasteiger partial charge in [0, 0.05) is 29.2 Å². The molecule has 0 aliphatic carbocycles. The molecule has 0 unspecified atom stereocenters. The van der Waals surface area contributed by atoms with Gasteiger partial charge in [0.25, 0.3) is 5.95 Å². The summed E-state index contributed by atoms with van der Waals surface area (Å²) in [7, 11) is 0. The molecule has 1 amide bonds. The SMILES string of the molecule is Cc1cc(C)nc(-n2nc(C)c(CC(=O)N(CC(=O)O)CC(C)C)c2C)n1. The van der Waals surface area contributed by atoms with Crippen molar-refractivity contribution in [3.05, 3.63) is 34.4 Å². The van der Waals surface area contributed by atoms with Gasteiger partial charge in [-0.25, -0.2) is 14.6 Å². The standard InChI is InChI=1S/C19H27N5O3/c1-11(2)9-23(10-18(26)27)17(25)8-16-14(5)22-24(15(16)6)19-20-12(3)7-13(4)21-19/h7,11H,8-10H2,1-6H3,(H,26,27). The summed E-state index contributed by atoms with van der Waals surface area (Å²) in [6.45, 7) is 11.5. The molecular formula is C19H27N5O3. The van der Waals surface area contributed by atoms with Gasteiger partial charge in [-0.2, -0.15) is 5.10 Å². The first-order valence-corrected chi connectivity index (χ1v) is 8.95. The molecule has 2 aromatic rings. The van der Waals surface area contributed by atoms with E-state index < -0.39 is 5.97 Å². The fourth-order valence-corrected chi connectivity index (χ4v) is 3.05. The van der Waals surface area contributed by atoms with E-state index in [0.717, 1.165) is 22.6 Å². The second kappa shape index (κ2) is 8.28. The molecule has 0 aliphatic heterocycles. The number of rotatable bonds is 7. The molecule has 8 heteroatoms. The van der Waals surface area contributed by atoms with Crippen molar-refractivity contribution in [2.24, 2.45) is 5.92 Å². The molecule has 0 aliphatic rings. The second-order valence-electron chi connectivity index (χ2n) is 7.25. The second-order valence-corrected chi connectivity index (χ2v) is 7.25. The minimum Gasteiger partial charge on any atom is -0.480 e. The first-order valence-electron chi connectivity index (χ1n) is 8.95. The Morgan fingerprint density at radius 2 is 1.74 bits per heavy atom. The fraction of sp³-hybridized carbons (Fsp3) is 0.526. The van der Waals surface area contributed by atoms with Gasteiger partial charge in [-0.1, -0.05) is 13.8 Å². The summed E-state index contributed by atoms with van der Waals surface area (Å²) in [5, 5.41) is 13.6. The highest BCUT2D eigenvalue weighted by atomic mass is 16.4. The molecule has 0 fully saturated rings. The monoisotopic (exact) mass is 373 g/mol. The summed E-state index contributed by atoms with van der Waals surface area (Å²) < 4.78 is 1.64. The van der Waals surface area contributed by atoms with E-state index in [9.17, 15) is 9.59 Å². The quantitative estimate of drug-likeness (QED) is 0.797. The van der Waals surface area contributed by atoms with Crippen molar-refractivity contribution in [1.29, 1.82) is 0 Å². The Bertz CT molecular complexity index is 837. The highest BCUT2D eigenvalue weighted by molar-refractivity contribution is 5.83. The average Bonchev–Trinajstić information content (AvgIpc) is 2.80. The maximum absolute atomic E-state index is 12.7. The summed E-state index contributed by atoms with van der Waals surface area (Å²) in [4.78, 5) is 34.1. The van der Waals surface area contributed by atoms with Crippen LogP contribution >= 0.6 is 0 Å². The van der Waals surface area contributed by atoms with Crippen LogP contribution in [0.1, 0.15) is 42.2 Å². The zero-order chi connectivity index (χ0) is 20.3. The molecule has 2 rings (SSSR count). The van der Waals surface area contributed by atoms with Gasteiger partial charge in [0.1, 0.15) is 6.54 Å². The van der Waals surface area contributed by atoms with E-state index in [1.807, 2.05) is 47.6 Å². The third-order valence-corrected chi connectivity index (χ3v) is 4.19. The maximum Gasteiger partial charge on any atom is 0.323 e. The van der Waals surface area contributed by atoms with E-state index in [4.69, 9.17) is 5.11 Å². The molecule has 8 nitrogen and oxygen atoms in total. The van der Waals surface area contributed by atoms with Crippen LogP contribution in [-0.2, 0) is 16.0 Å². The van der Waals surface area contributed by atoms with Gasteiger partial charge in [-0.05, 0) is 39.7 Å². The molecule has 0 saturated carbocycles. The van der Waals surface area contributed by atoms with E-state index in [1.165, 1.54) is 4.90 Å². The first kappa shape index (κ1) is 20.5. The van der Waals surface area contributed by atoms with Gasteiger partial charge >= 0.3 is 5.97 Å². The summed E-state index contributed by atoms with van der Waals surface area (Å²) in [5.41, 5.74) is 3.95. The van der Waals surface area contributed by atoms with E-state index in [0.29, 0.717) is 18.2 Å². The summed E-state index contributed by atoms with van der Waals surface area (Å²) in [6.07, 6.45) is 0.0997. The highest BCUT2D eigenvalue weighted by Gasteiger charge is 2.22. The normalized spacial score (nSPS) is 11.1. The highest BCUT2D eigenvalue weighted by Crippen LogP contribution is 2.18. The van der Waals surface area contributed by atoms with Crippen LogP contribution in [-0.4, -0.2) is 54.7 Å². The zero-order valence-corrected chi connectivity index (χ0v) is 16.8. The van der Waals surface area contributed by atoms with Crippen molar-refractivity contribution in [2.75, 3.05) is 13.1 Å². The van der Waals surface area contributed by atoms with Crippen LogP contribution in [0.4, 0.5) is 0 Å². The Balaban J connectivity index is 2.32. The number of carbonyl (C=O) groups is 2.